The smallest absolute Gasteiger partial charge is 0.744 e. The molecule has 2 aromatic carbocycles. The first kappa shape index (κ1) is 35.3. The van der Waals surface area contributed by atoms with Gasteiger partial charge in [0, 0.05) is 0 Å². The molecule has 0 radical (unpaired) electrons. The molecule has 0 saturated heterocycles. The first-order valence-corrected chi connectivity index (χ1v) is 16.4. The van der Waals surface area contributed by atoms with Crippen LogP contribution in [0.1, 0.15) is 141 Å². The SMILES string of the molecule is CCCCCCCCCCCc1ccc2ccc(S(=O)(=O)[O-])cc2c1CCCCCCCCCCC.[K+]. The summed E-state index contributed by atoms with van der Waals surface area (Å²) in [6, 6.07) is 9.21. The summed E-state index contributed by atoms with van der Waals surface area (Å²) in [6.45, 7) is 4.52. The summed E-state index contributed by atoms with van der Waals surface area (Å²) in [7, 11) is -4.45. The van der Waals surface area contributed by atoms with Crippen LogP contribution in [0.2, 0.25) is 0 Å². The van der Waals surface area contributed by atoms with Gasteiger partial charge in [0.15, 0.2) is 0 Å². The number of unbranched alkanes of at least 4 members (excludes halogenated alkanes) is 16. The van der Waals surface area contributed by atoms with Crippen molar-refractivity contribution in [2.45, 2.75) is 147 Å². The van der Waals surface area contributed by atoms with Gasteiger partial charge < -0.3 is 4.55 Å². The topological polar surface area (TPSA) is 57.2 Å². The van der Waals surface area contributed by atoms with Gasteiger partial charge in [-0.25, -0.2) is 8.42 Å². The van der Waals surface area contributed by atoms with E-state index in [1.165, 1.54) is 126 Å². The van der Waals surface area contributed by atoms with Crippen LogP contribution in [0.5, 0.6) is 0 Å². The van der Waals surface area contributed by atoms with Crippen LogP contribution in [0.25, 0.3) is 10.8 Å². The average molecular weight is 555 g/mol. The van der Waals surface area contributed by atoms with Gasteiger partial charge in [0.2, 0.25) is 0 Å². The van der Waals surface area contributed by atoms with Gasteiger partial charge in [-0.05, 0) is 59.7 Å². The quantitative estimate of drug-likeness (QED) is 0.0958. The minimum atomic E-state index is -4.45. The molecular formula is C32H51KO3S. The second kappa shape index (κ2) is 21.1. The molecular weight excluding hydrogens is 504 g/mol. The van der Waals surface area contributed by atoms with Crippen LogP contribution < -0.4 is 51.4 Å². The predicted octanol–water partition coefficient (Wildman–Crippen LogP) is 6.89. The maximum Gasteiger partial charge on any atom is 1.00 e. The summed E-state index contributed by atoms with van der Waals surface area (Å²) >= 11 is 0. The van der Waals surface area contributed by atoms with Gasteiger partial charge in [0.1, 0.15) is 10.1 Å². The van der Waals surface area contributed by atoms with Gasteiger partial charge in [-0.3, -0.25) is 0 Å². The first-order chi connectivity index (χ1) is 17.5. The molecule has 5 heteroatoms. The molecule has 0 spiro atoms. The molecule has 0 atom stereocenters. The zero-order chi connectivity index (χ0) is 26.1. The Balaban J connectivity index is 0.00000684. The van der Waals surface area contributed by atoms with Crippen LogP contribution in [0, 0.1) is 0 Å². The van der Waals surface area contributed by atoms with E-state index in [1.54, 1.807) is 12.1 Å². The molecule has 204 valence electrons. The fourth-order valence-electron chi connectivity index (χ4n) is 5.33. The van der Waals surface area contributed by atoms with Crippen LogP contribution in [-0.2, 0) is 23.0 Å². The monoisotopic (exact) mass is 554 g/mol. The van der Waals surface area contributed by atoms with Crippen molar-refractivity contribution >= 4 is 20.9 Å². The molecule has 0 saturated carbocycles. The Morgan fingerprint density at radius 1 is 0.595 bits per heavy atom. The molecule has 0 aliphatic rings. The second-order valence-corrected chi connectivity index (χ2v) is 12.1. The number of aryl methyl sites for hydroxylation is 2. The van der Waals surface area contributed by atoms with Crippen molar-refractivity contribution in [3.05, 3.63) is 41.5 Å². The largest absolute Gasteiger partial charge is 1.00 e. The number of hydrogen-bond acceptors (Lipinski definition) is 3. The van der Waals surface area contributed by atoms with Crippen LogP contribution in [0.3, 0.4) is 0 Å². The van der Waals surface area contributed by atoms with Crippen molar-refractivity contribution in [1.82, 2.24) is 0 Å². The van der Waals surface area contributed by atoms with Crippen LogP contribution in [0.4, 0.5) is 0 Å². The molecule has 0 amide bonds. The minimum absolute atomic E-state index is 0. The van der Waals surface area contributed by atoms with Crippen LogP contribution in [-0.4, -0.2) is 13.0 Å². The van der Waals surface area contributed by atoms with Gasteiger partial charge in [-0.15, -0.1) is 0 Å². The summed E-state index contributed by atoms with van der Waals surface area (Å²) in [5.41, 5.74) is 2.60. The van der Waals surface area contributed by atoms with Crippen molar-refractivity contribution in [2.24, 2.45) is 0 Å². The molecule has 0 unspecified atom stereocenters. The third-order valence-electron chi connectivity index (χ3n) is 7.57. The molecule has 0 aliphatic heterocycles. The van der Waals surface area contributed by atoms with E-state index in [-0.39, 0.29) is 56.3 Å². The number of rotatable bonds is 21. The van der Waals surface area contributed by atoms with Crippen molar-refractivity contribution in [3.8, 4) is 0 Å². The number of benzene rings is 2. The van der Waals surface area contributed by atoms with Crippen molar-refractivity contribution in [2.75, 3.05) is 0 Å². The van der Waals surface area contributed by atoms with E-state index in [2.05, 4.69) is 26.0 Å². The fraction of sp³-hybridized carbons (Fsp3) is 0.688. The second-order valence-electron chi connectivity index (χ2n) is 10.7. The molecule has 0 aliphatic carbocycles. The maximum atomic E-state index is 11.7. The van der Waals surface area contributed by atoms with E-state index in [9.17, 15) is 13.0 Å². The third-order valence-corrected chi connectivity index (χ3v) is 8.40. The molecule has 0 aromatic heterocycles. The Morgan fingerprint density at radius 2 is 1.03 bits per heavy atom. The first-order valence-electron chi connectivity index (χ1n) is 15.0. The van der Waals surface area contributed by atoms with Crippen molar-refractivity contribution in [3.63, 3.8) is 0 Å². The Labute approximate surface area is 271 Å². The summed E-state index contributed by atoms with van der Waals surface area (Å²) in [4.78, 5) is -0.108. The van der Waals surface area contributed by atoms with E-state index >= 15 is 0 Å². The molecule has 3 nitrogen and oxygen atoms in total. The Morgan fingerprint density at radius 3 is 1.51 bits per heavy atom. The summed E-state index contributed by atoms with van der Waals surface area (Å²) in [5, 5.41) is 1.99. The minimum Gasteiger partial charge on any atom is -0.744 e. The Hall–Kier alpha value is 0.246. The van der Waals surface area contributed by atoms with Crippen LogP contribution in [0.15, 0.2) is 35.2 Å². The molecule has 0 N–H and O–H groups in total. The third kappa shape index (κ3) is 14.4. The average Bonchev–Trinajstić information content (AvgIpc) is 2.86. The van der Waals surface area contributed by atoms with E-state index in [1.807, 2.05) is 0 Å². The molecule has 0 heterocycles. The van der Waals surface area contributed by atoms with E-state index in [0.717, 1.165) is 30.0 Å². The van der Waals surface area contributed by atoms with Crippen LogP contribution >= 0.6 is 0 Å². The van der Waals surface area contributed by atoms with Gasteiger partial charge in [-0.2, -0.15) is 0 Å². The van der Waals surface area contributed by atoms with Gasteiger partial charge in [0.05, 0.1) is 4.90 Å². The molecule has 37 heavy (non-hydrogen) atoms. The predicted molar refractivity (Wildman–Crippen MR) is 154 cm³/mol. The summed E-state index contributed by atoms with van der Waals surface area (Å²) in [5.74, 6) is 0. The van der Waals surface area contributed by atoms with Gasteiger partial charge >= 0.3 is 51.4 Å². The van der Waals surface area contributed by atoms with Gasteiger partial charge in [0.25, 0.3) is 0 Å². The summed E-state index contributed by atoms with van der Waals surface area (Å²) < 4.78 is 35.1. The standard InChI is InChI=1S/C32H52O3S.K/c1-3-5-7-9-11-13-15-17-19-21-28-23-24-29-25-26-30(36(33,34)35)27-32(29)31(28)22-20-18-16-14-12-10-8-6-4-2;/h23-27H,3-22H2,1-2H3,(H,33,34,35);/q;+1/p-1. The Kier molecular flexibility index (Phi) is 20.1. The van der Waals surface area contributed by atoms with Gasteiger partial charge in [-0.1, -0.05) is 135 Å². The van der Waals surface area contributed by atoms with Crippen molar-refractivity contribution < 1.29 is 64.4 Å². The number of hydrogen-bond donors (Lipinski definition) is 0. The van der Waals surface area contributed by atoms with E-state index in [4.69, 9.17) is 0 Å². The van der Waals surface area contributed by atoms with E-state index in [0.29, 0.717) is 0 Å². The maximum absolute atomic E-state index is 11.7. The summed E-state index contributed by atoms with van der Waals surface area (Å²) in [6.07, 6.45) is 25.4. The normalized spacial score (nSPS) is 11.6. The number of fused-ring (bicyclic) bond motifs is 1. The molecule has 2 aromatic rings. The molecule has 2 rings (SSSR count). The zero-order valence-corrected chi connectivity index (χ0v) is 28.1. The molecule has 0 bridgehead atoms. The molecule has 0 fully saturated rings. The fourth-order valence-corrected chi connectivity index (χ4v) is 5.83. The van der Waals surface area contributed by atoms with E-state index < -0.39 is 10.1 Å². The zero-order valence-electron chi connectivity index (χ0n) is 24.2. The Bertz CT molecular complexity index is 971. The van der Waals surface area contributed by atoms with Crippen molar-refractivity contribution in [1.29, 1.82) is 0 Å².